The molecule has 1 aromatic heterocycles. The Morgan fingerprint density at radius 2 is 2.29 bits per heavy atom. The zero-order valence-corrected chi connectivity index (χ0v) is 10.1. The Bertz CT molecular complexity index is 361. The van der Waals surface area contributed by atoms with Gasteiger partial charge in [0.25, 0.3) is 0 Å². The third kappa shape index (κ3) is 3.27. The molecule has 1 saturated heterocycles. The Hall–Kier alpha value is -1.42. The number of carbonyl (C=O) groups excluding carboxylic acids is 1. The molecular formula is C13H18N2O2. The monoisotopic (exact) mass is 234 g/mol. The molecule has 1 aliphatic heterocycles. The highest BCUT2D eigenvalue weighted by Crippen LogP contribution is 2.17. The van der Waals surface area contributed by atoms with Crippen LogP contribution in [0.25, 0.3) is 0 Å². The maximum atomic E-state index is 12.0. The van der Waals surface area contributed by atoms with Gasteiger partial charge in [-0.3, -0.25) is 9.78 Å². The summed E-state index contributed by atoms with van der Waals surface area (Å²) in [5.41, 5.74) is 1.04. The van der Waals surface area contributed by atoms with E-state index in [-0.39, 0.29) is 17.9 Å². The van der Waals surface area contributed by atoms with Crippen LogP contribution < -0.4 is 5.32 Å². The molecule has 17 heavy (non-hydrogen) atoms. The van der Waals surface area contributed by atoms with Crippen molar-refractivity contribution in [2.75, 3.05) is 13.2 Å². The van der Waals surface area contributed by atoms with E-state index in [2.05, 4.69) is 10.3 Å². The smallest absolute Gasteiger partial charge is 0.223 e. The van der Waals surface area contributed by atoms with E-state index in [9.17, 15) is 4.79 Å². The van der Waals surface area contributed by atoms with E-state index in [1.54, 1.807) is 12.4 Å². The van der Waals surface area contributed by atoms with E-state index in [1.807, 2.05) is 19.1 Å². The number of amides is 1. The second-order valence-electron chi connectivity index (χ2n) is 4.40. The quantitative estimate of drug-likeness (QED) is 0.865. The minimum atomic E-state index is 0.0130. The lowest BCUT2D eigenvalue weighted by Gasteiger charge is -2.23. The second-order valence-corrected chi connectivity index (χ2v) is 4.40. The van der Waals surface area contributed by atoms with Crippen LogP contribution in [0.2, 0.25) is 0 Å². The van der Waals surface area contributed by atoms with Crippen molar-refractivity contribution in [3.05, 3.63) is 30.1 Å². The van der Waals surface area contributed by atoms with E-state index in [0.717, 1.165) is 18.4 Å². The zero-order chi connectivity index (χ0) is 12.1. The lowest BCUT2D eigenvalue weighted by molar-refractivity contribution is -0.128. The van der Waals surface area contributed by atoms with Gasteiger partial charge < -0.3 is 10.1 Å². The number of pyridine rings is 1. The van der Waals surface area contributed by atoms with Crippen molar-refractivity contribution in [3.63, 3.8) is 0 Å². The summed E-state index contributed by atoms with van der Waals surface area (Å²) in [6, 6.07) is 3.87. The first-order valence-electron chi connectivity index (χ1n) is 6.05. The van der Waals surface area contributed by atoms with Crippen molar-refractivity contribution in [1.82, 2.24) is 10.3 Å². The van der Waals surface area contributed by atoms with Gasteiger partial charge in [0, 0.05) is 31.5 Å². The molecule has 92 valence electrons. The number of nitrogens with zero attached hydrogens (tertiary/aromatic N) is 1. The average Bonchev–Trinajstić information content (AvgIpc) is 2.40. The van der Waals surface area contributed by atoms with Crippen LogP contribution in [0.1, 0.15) is 31.4 Å². The predicted octanol–water partition coefficient (Wildman–Crippen LogP) is 1.69. The fourth-order valence-corrected chi connectivity index (χ4v) is 2.01. The van der Waals surface area contributed by atoms with Crippen LogP contribution in [-0.2, 0) is 9.53 Å². The van der Waals surface area contributed by atoms with Gasteiger partial charge in [0.1, 0.15) is 0 Å². The van der Waals surface area contributed by atoms with Gasteiger partial charge in [-0.15, -0.1) is 0 Å². The molecule has 1 fully saturated rings. The molecule has 1 aromatic rings. The number of ether oxygens (including phenoxy) is 1. The summed E-state index contributed by atoms with van der Waals surface area (Å²) in [6.07, 6.45) is 5.17. The Balaban J connectivity index is 1.89. The van der Waals surface area contributed by atoms with Crippen molar-refractivity contribution >= 4 is 5.91 Å². The lowest BCUT2D eigenvalue weighted by Crippen LogP contribution is -2.35. The molecule has 1 aliphatic rings. The molecule has 0 bridgehead atoms. The molecule has 4 nitrogen and oxygen atoms in total. The lowest BCUT2D eigenvalue weighted by atomic mass is 9.98. The van der Waals surface area contributed by atoms with Crippen LogP contribution in [0.5, 0.6) is 0 Å². The van der Waals surface area contributed by atoms with Gasteiger partial charge >= 0.3 is 0 Å². The standard InChI is InChI=1S/C13H18N2O2/c1-10(12-3-2-6-14-9-12)15-13(16)11-4-7-17-8-5-11/h2-3,6,9-11H,4-5,7-8H2,1H3,(H,15,16)/t10-/m1/s1. The SMILES string of the molecule is C[C@@H](NC(=O)C1CCOCC1)c1cccnc1. The third-order valence-electron chi connectivity index (χ3n) is 3.14. The number of nitrogens with one attached hydrogen (secondary N) is 1. The van der Waals surface area contributed by atoms with E-state index >= 15 is 0 Å². The number of carbonyl (C=O) groups is 1. The van der Waals surface area contributed by atoms with Gasteiger partial charge in [-0.2, -0.15) is 0 Å². The third-order valence-corrected chi connectivity index (χ3v) is 3.14. The highest BCUT2D eigenvalue weighted by molar-refractivity contribution is 5.79. The molecule has 1 atom stereocenters. The van der Waals surface area contributed by atoms with Gasteiger partial charge in [-0.1, -0.05) is 6.07 Å². The summed E-state index contributed by atoms with van der Waals surface area (Å²) in [5, 5.41) is 3.03. The summed E-state index contributed by atoms with van der Waals surface area (Å²) in [5.74, 6) is 0.229. The van der Waals surface area contributed by atoms with Gasteiger partial charge in [-0.05, 0) is 31.4 Å². The highest BCUT2D eigenvalue weighted by atomic mass is 16.5. The zero-order valence-electron chi connectivity index (χ0n) is 10.1. The van der Waals surface area contributed by atoms with Crippen LogP contribution in [0.3, 0.4) is 0 Å². The first-order chi connectivity index (χ1) is 8.27. The van der Waals surface area contributed by atoms with Crippen LogP contribution in [0.15, 0.2) is 24.5 Å². The van der Waals surface area contributed by atoms with Crippen LogP contribution in [0, 0.1) is 5.92 Å². The molecular weight excluding hydrogens is 216 g/mol. The number of aromatic nitrogens is 1. The summed E-state index contributed by atoms with van der Waals surface area (Å²) in [7, 11) is 0. The van der Waals surface area contributed by atoms with Crippen molar-refractivity contribution in [2.24, 2.45) is 5.92 Å². The van der Waals surface area contributed by atoms with E-state index in [1.165, 1.54) is 0 Å². The second kappa shape index (κ2) is 5.77. The molecule has 0 radical (unpaired) electrons. The van der Waals surface area contributed by atoms with Crippen LogP contribution >= 0.6 is 0 Å². The molecule has 0 aromatic carbocycles. The summed E-state index contributed by atoms with van der Waals surface area (Å²) in [4.78, 5) is 16.0. The number of rotatable bonds is 3. The molecule has 0 saturated carbocycles. The molecule has 2 rings (SSSR count). The first kappa shape index (κ1) is 12.0. The molecule has 2 heterocycles. The topological polar surface area (TPSA) is 51.2 Å². The van der Waals surface area contributed by atoms with Gasteiger partial charge in [0.2, 0.25) is 5.91 Å². The van der Waals surface area contributed by atoms with Gasteiger partial charge in [0.15, 0.2) is 0 Å². The van der Waals surface area contributed by atoms with Crippen molar-refractivity contribution in [3.8, 4) is 0 Å². The molecule has 0 spiro atoms. The largest absolute Gasteiger partial charge is 0.381 e. The first-order valence-corrected chi connectivity index (χ1v) is 6.05. The minimum Gasteiger partial charge on any atom is -0.381 e. The summed E-state index contributed by atoms with van der Waals surface area (Å²) in [6.45, 7) is 3.37. The summed E-state index contributed by atoms with van der Waals surface area (Å²) >= 11 is 0. The Labute approximate surface area is 101 Å². The normalized spacial score (nSPS) is 18.6. The Morgan fingerprint density at radius 1 is 1.53 bits per heavy atom. The van der Waals surface area contributed by atoms with E-state index in [4.69, 9.17) is 4.74 Å². The number of hydrogen-bond acceptors (Lipinski definition) is 3. The van der Waals surface area contributed by atoms with Gasteiger partial charge in [0.05, 0.1) is 6.04 Å². The van der Waals surface area contributed by atoms with Crippen LogP contribution in [0.4, 0.5) is 0 Å². The maximum absolute atomic E-state index is 12.0. The fourth-order valence-electron chi connectivity index (χ4n) is 2.01. The average molecular weight is 234 g/mol. The Morgan fingerprint density at radius 3 is 2.94 bits per heavy atom. The van der Waals surface area contributed by atoms with Crippen molar-refractivity contribution in [1.29, 1.82) is 0 Å². The molecule has 1 N–H and O–H groups in total. The van der Waals surface area contributed by atoms with E-state index < -0.39 is 0 Å². The molecule has 0 unspecified atom stereocenters. The fraction of sp³-hybridized carbons (Fsp3) is 0.538. The highest BCUT2D eigenvalue weighted by Gasteiger charge is 2.22. The van der Waals surface area contributed by atoms with Crippen molar-refractivity contribution < 1.29 is 9.53 Å². The molecule has 0 aliphatic carbocycles. The number of hydrogen-bond donors (Lipinski definition) is 1. The maximum Gasteiger partial charge on any atom is 0.223 e. The molecule has 4 heteroatoms. The van der Waals surface area contributed by atoms with E-state index in [0.29, 0.717) is 13.2 Å². The minimum absolute atomic E-state index is 0.0130. The van der Waals surface area contributed by atoms with Crippen molar-refractivity contribution in [2.45, 2.75) is 25.8 Å². The predicted molar refractivity (Wildman–Crippen MR) is 64.3 cm³/mol. The molecule has 1 amide bonds. The Kier molecular flexibility index (Phi) is 4.09. The van der Waals surface area contributed by atoms with Gasteiger partial charge in [-0.25, -0.2) is 0 Å². The van der Waals surface area contributed by atoms with Crippen LogP contribution in [-0.4, -0.2) is 24.1 Å². The summed E-state index contributed by atoms with van der Waals surface area (Å²) < 4.78 is 5.25.